The fourth-order valence-corrected chi connectivity index (χ4v) is 18.4. The molecule has 0 spiro atoms. The minimum Gasteiger partial charge on any atom is -0.454 e. The number of anilines is 6. The van der Waals surface area contributed by atoms with Gasteiger partial charge in [0.25, 0.3) is 0 Å². The summed E-state index contributed by atoms with van der Waals surface area (Å²) in [6.45, 7) is -0.327. The molecule has 0 saturated heterocycles. The Bertz CT molecular complexity index is 7030. The van der Waals surface area contributed by atoms with Gasteiger partial charge in [0, 0.05) is 99.0 Å². The Morgan fingerprint density at radius 2 is 0.771 bits per heavy atom. The monoisotopic (exact) mass is 1210 g/mol. The maximum Gasteiger partial charge on any atom is 0.333 e. The molecule has 0 amide bonds. The molecule has 4 aromatic heterocycles. The Morgan fingerprint density at radius 3 is 1.49 bits per heavy atom. The standard InChI is InChI=1S/C88H48B2N4O2/c1-2-18-52-41-58(37-34-49(52)16-1)91-76-39-36-51-17-5-6-21-60(51)80(76)90-82-68(48-72-64-25-10-14-31-79(64)96-88(72)86(82)91)70-44-57(43-69-62-23-8-12-29-75(62)94(90)84(69)70)55-33-32-50-35-38-59(42-56(50)40-55)92-77-46-54-20-4-3-19-53(54)45-73(77)89-81-67(47-71-63-24-9-13-30-78(63)95-87(71)85(81)92)66-27-15-26-65-61-22-7-11-28-74(61)93(89)83(65)66/h1-48H. The van der Waals surface area contributed by atoms with Gasteiger partial charge in [-0.05, 0) is 178 Å². The lowest BCUT2D eigenvalue weighted by molar-refractivity contribution is 0.669. The van der Waals surface area contributed by atoms with E-state index in [1.54, 1.807) is 0 Å². The molecule has 8 heteroatoms. The van der Waals surface area contributed by atoms with Gasteiger partial charge in [-0.1, -0.05) is 200 Å². The van der Waals surface area contributed by atoms with Crippen LogP contribution in [0.2, 0.25) is 0 Å². The van der Waals surface area contributed by atoms with Crippen LogP contribution in [0.5, 0.6) is 0 Å². The molecule has 0 aliphatic carbocycles. The fourth-order valence-electron chi connectivity index (χ4n) is 18.4. The molecule has 0 saturated carbocycles. The Hall–Kier alpha value is -12.5. The van der Waals surface area contributed by atoms with Crippen LogP contribution in [0, 0.1) is 0 Å². The van der Waals surface area contributed by atoms with Crippen molar-refractivity contribution < 1.29 is 8.83 Å². The summed E-state index contributed by atoms with van der Waals surface area (Å²) in [5.41, 5.74) is 27.4. The number of aromatic nitrogens is 2. The van der Waals surface area contributed by atoms with Crippen LogP contribution < -0.4 is 31.7 Å². The predicted octanol–water partition coefficient (Wildman–Crippen LogP) is 20.8. The van der Waals surface area contributed by atoms with Crippen molar-refractivity contribution in [2.45, 2.75) is 0 Å². The SMILES string of the molecule is c1ccc2cc(N3c4ccc5ccccc5c4B4c5c(cc6c(oc7ccccc76)c53)-c3cc(-c5ccc6ccc(N7c8cc9ccccc9cc8B8c9c(cc%10c(oc%11ccccc%11%10)c97)-c7cccc9c%10ccccc%10n8c79)cc6c5)cc5c6ccccc6n4c35)ccc2c1. The van der Waals surface area contributed by atoms with Crippen LogP contribution >= 0.6 is 0 Å². The van der Waals surface area contributed by atoms with Gasteiger partial charge in [-0.25, -0.2) is 0 Å². The zero-order valence-corrected chi connectivity index (χ0v) is 51.5. The van der Waals surface area contributed by atoms with E-state index in [4.69, 9.17) is 8.83 Å². The number of fused-ring (bicyclic) bond motifs is 27. The molecular weight excluding hydrogens is 1170 g/mol. The van der Waals surface area contributed by atoms with Gasteiger partial charge in [-0.3, -0.25) is 0 Å². The molecule has 6 nitrogen and oxygen atoms in total. The van der Waals surface area contributed by atoms with Gasteiger partial charge in [0.15, 0.2) is 11.2 Å². The van der Waals surface area contributed by atoms with E-state index in [1.807, 2.05) is 0 Å². The quantitative estimate of drug-likeness (QED) is 0.165. The summed E-state index contributed by atoms with van der Waals surface area (Å²) in [7, 11) is 0. The molecule has 0 atom stereocenters. The normalized spacial score (nSPS) is 13.5. The van der Waals surface area contributed by atoms with Gasteiger partial charge in [0.2, 0.25) is 0 Å². The molecule has 0 bridgehead atoms. The smallest absolute Gasteiger partial charge is 0.333 e. The van der Waals surface area contributed by atoms with E-state index in [9.17, 15) is 0 Å². The van der Waals surface area contributed by atoms with Crippen LogP contribution in [0.15, 0.2) is 300 Å². The summed E-state index contributed by atoms with van der Waals surface area (Å²) in [5, 5.41) is 19.0. The van der Waals surface area contributed by atoms with Crippen LogP contribution in [-0.4, -0.2) is 22.7 Å². The van der Waals surface area contributed by atoms with E-state index in [0.29, 0.717) is 0 Å². The minimum absolute atomic E-state index is 0.139. The molecule has 16 aromatic carbocycles. The minimum atomic E-state index is -0.187. The topological polar surface area (TPSA) is 42.6 Å². The summed E-state index contributed by atoms with van der Waals surface area (Å²) < 4.78 is 19.9. The molecule has 438 valence electrons. The highest BCUT2D eigenvalue weighted by Gasteiger charge is 2.47. The molecule has 96 heavy (non-hydrogen) atoms. The Kier molecular flexibility index (Phi) is 9.28. The number of para-hydroxylation sites is 5. The van der Waals surface area contributed by atoms with Crippen molar-refractivity contribution >= 4 is 200 Å². The van der Waals surface area contributed by atoms with Crippen LogP contribution in [0.25, 0.3) is 164 Å². The zero-order chi connectivity index (χ0) is 61.9. The first-order valence-corrected chi connectivity index (χ1v) is 33.3. The van der Waals surface area contributed by atoms with E-state index >= 15 is 0 Å². The van der Waals surface area contributed by atoms with Crippen LogP contribution in [-0.2, 0) is 0 Å². The zero-order valence-electron chi connectivity index (χ0n) is 51.5. The van der Waals surface area contributed by atoms with Crippen molar-refractivity contribution in [3.05, 3.63) is 291 Å². The van der Waals surface area contributed by atoms with Gasteiger partial charge in [-0.2, -0.15) is 0 Å². The molecule has 20 aromatic rings. The second-order valence-corrected chi connectivity index (χ2v) is 26.9. The number of hydrogen-bond donors (Lipinski definition) is 0. The van der Waals surface area contributed by atoms with Crippen molar-refractivity contribution in [2.75, 3.05) is 9.80 Å². The van der Waals surface area contributed by atoms with Gasteiger partial charge < -0.3 is 27.6 Å². The summed E-state index contributed by atoms with van der Waals surface area (Å²) in [5.74, 6) is 0. The van der Waals surface area contributed by atoms with E-state index < -0.39 is 0 Å². The third-order valence-corrected chi connectivity index (χ3v) is 22.3. The molecule has 0 N–H and O–H groups in total. The van der Waals surface area contributed by atoms with Crippen LogP contribution in [0.3, 0.4) is 0 Å². The lowest BCUT2D eigenvalue weighted by Crippen LogP contribution is -2.57. The number of nitrogens with zero attached hydrogens (tertiary/aromatic N) is 4. The highest BCUT2D eigenvalue weighted by atomic mass is 16.3. The van der Waals surface area contributed by atoms with Gasteiger partial charge in [0.1, 0.15) is 11.2 Å². The Balaban J connectivity index is 0.767. The second kappa shape index (κ2) is 17.8. The van der Waals surface area contributed by atoms with Gasteiger partial charge in [-0.15, -0.1) is 0 Å². The van der Waals surface area contributed by atoms with Crippen molar-refractivity contribution in [3.63, 3.8) is 0 Å². The molecule has 0 radical (unpaired) electrons. The second-order valence-electron chi connectivity index (χ2n) is 26.9. The molecule has 4 aliphatic heterocycles. The maximum atomic E-state index is 7.27. The number of benzene rings is 16. The third kappa shape index (κ3) is 6.26. The fraction of sp³-hybridized carbons (Fsp3) is 0. The van der Waals surface area contributed by atoms with Crippen LogP contribution in [0.1, 0.15) is 0 Å². The molecular formula is C88H48B2N4O2. The van der Waals surface area contributed by atoms with E-state index in [0.717, 1.165) is 94.5 Å². The molecule has 8 heterocycles. The molecule has 0 fully saturated rings. The lowest BCUT2D eigenvalue weighted by atomic mass is 9.44. The number of rotatable bonds is 3. The maximum absolute atomic E-state index is 7.27. The third-order valence-electron chi connectivity index (χ3n) is 22.3. The van der Waals surface area contributed by atoms with Gasteiger partial charge in [0.05, 0.1) is 11.4 Å². The van der Waals surface area contributed by atoms with Crippen molar-refractivity contribution in [1.82, 2.24) is 8.96 Å². The highest BCUT2D eigenvalue weighted by Crippen LogP contribution is 2.54. The molecule has 4 aliphatic rings. The van der Waals surface area contributed by atoms with E-state index in [1.165, 1.54) is 125 Å². The van der Waals surface area contributed by atoms with Crippen LogP contribution in [0.4, 0.5) is 34.1 Å². The van der Waals surface area contributed by atoms with Crippen molar-refractivity contribution in [2.24, 2.45) is 0 Å². The summed E-state index contributed by atoms with van der Waals surface area (Å²) in [6, 6.07) is 109. The van der Waals surface area contributed by atoms with Crippen molar-refractivity contribution in [1.29, 1.82) is 0 Å². The average molecular weight is 1220 g/mol. The average Bonchev–Trinajstić information content (AvgIpc) is 1.36. The highest BCUT2D eigenvalue weighted by molar-refractivity contribution is 6.92. The largest absolute Gasteiger partial charge is 0.454 e. The molecule has 24 rings (SSSR count). The summed E-state index contributed by atoms with van der Waals surface area (Å²) in [4.78, 5) is 5.08. The first-order chi connectivity index (χ1) is 47.6. The number of furan rings is 2. The van der Waals surface area contributed by atoms with E-state index in [2.05, 4.69) is 310 Å². The van der Waals surface area contributed by atoms with E-state index in [-0.39, 0.29) is 13.7 Å². The summed E-state index contributed by atoms with van der Waals surface area (Å²) in [6.07, 6.45) is 0. The Morgan fingerprint density at radius 1 is 0.260 bits per heavy atom. The predicted molar refractivity (Wildman–Crippen MR) is 404 cm³/mol. The first kappa shape index (κ1) is 50.1. The summed E-state index contributed by atoms with van der Waals surface area (Å²) >= 11 is 0. The lowest BCUT2D eigenvalue weighted by Gasteiger charge is -2.41. The first-order valence-electron chi connectivity index (χ1n) is 33.3. The Labute approximate surface area is 549 Å². The van der Waals surface area contributed by atoms with Crippen molar-refractivity contribution in [3.8, 4) is 33.4 Å². The molecule has 0 unspecified atom stereocenters. The number of hydrogen-bond acceptors (Lipinski definition) is 4. The van der Waals surface area contributed by atoms with Gasteiger partial charge >= 0.3 is 13.7 Å².